The van der Waals surface area contributed by atoms with Gasteiger partial charge in [0.05, 0.1) is 12.7 Å². The molecule has 1 aromatic heterocycles. The first-order valence-corrected chi connectivity index (χ1v) is 6.31. The van der Waals surface area contributed by atoms with Crippen molar-refractivity contribution in [2.24, 2.45) is 0 Å². The molecule has 0 fully saturated rings. The van der Waals surface area contributed by atoms with Crippen molar-refractivity contribution in [1.82, 2.24) is 20.6 Å². The minimum Gasteiger partial charge on any atom is -0.465 e. The van der Waals surface area contributed by atoms with Gasteiger partial charge < -0.3 is 4.74 Å². The van der Waals surface area contributed by atoms with Crippen molar-refractivity contribution in [2.75, 3.05) is 7.11 Å². The number of nitrogens with zero attached hydrogens (tertiary/aromatic N) is 3. The molecule has 6 heteroatoms. The quantitative estimate of drug-likeness (QED) is 0.745. The number of esters is 1. The number of methoxy groups -OCH3 is 1. The van der Waals surface area contributed by atoms with Gasteiger partial charge in [-0.25, -0.2) is 9.89 Å². The molecule has 0 saturated heterocycles. The smallest absolute Gasteiger partial charge is 0.337 e. The molecule has 0 bridgehead atoms. The molecule has 0 spiro atoms. The highest BCUT2D eigenvalue weighted by molar-refractivity contribution is 5.93. The summed E-state index contributed by atoms with van der Waals surface area (Å²) in [7, 11) is 1.35. The lowest BCUT2D eigenvalue weighted by molar-refractivity contribution is 0.0601. The predicted molar refractivity (Wildman–Crippen MR) is 76.4 cm³/mol. The molecule has 6 nitrogen and oxygen atoms in total. The van der Waals surface area contributed by atoms with E-state index in [0.717, 1.165) is 16.7 Å². The van der Waals surface area contributed by atoms with Gasteiger partial charge >= 0.3 is 5.97 Å². The van der Waals surface area contributed by atoms with E-state index in [0.29, 0.717) is 11.4 Å². The van der Waals surface area contributed by atoms with Gasteiger partial charge in [-0.1, -0.05) is 30.3 Å². The number of hydrogen-bond acceptors (Lipinski definition) is 5. The summed E-state index contributed by atoms with van der Waals surface area (Å²) < 4.78 is 4.80. The molecule has 2 aromatic carbocycles. The van der Waals surface area contributed by atoms with Gasteiger partial charge in [-0.3, -0.25) is 0 Å². The average Bonchev–Trinajstić information content (AvgIpc) is 3.09. The van der Waals surface area contributed by atoms with Crippen molar-refractivity contribution in [3.63, 3.8) is 0 Å². The Hall–Kier alpha value is -3.02. The van der Waals surface area contributed by atoms with Gasteiger partial charge in [-0.05, 0) is 39.8 Å². The SMILES string of the molecule is COC(=O)c1cc(-c2ccccc2)cc(-c2nnn[nH]2)c1. The summed E-state index contributed by atoms with van der Waals surface area (Å²) in [6.07, 6.45) is 0. The van der Waals surface area contributed by atoms with Crippen LogP contribution in [0.5, 0.6) is 0 Å². The van der Waals surface area contributed by atoms with E-state index in [2.05, 4.69) is 20.6 Å². The minimum atomic E-state index is -0.401. The van der Waals surface area contributed by atoms with Crippen molar-refractivity contribution in [3.05, 3.63) is 54.1 Å². The summed E-state index contributed by atoms with van der Waals surface area (Å²) >= 11 is 0. The van der Waals surface area contributed by atoms with Crippen LogP contribution in [0.15, 0.2) is 48.5 Å². The molecule has 3 aromatic rings. The number of hydrogen-bond donors (Lipinski definition) is 1. The van der Waals surface area contributed by atoms with Crippen LogP contribution in [0.1, 0.15) is 10.4 Å². The zero-order valence-corrected chi connectivity index (χ0v) is 11.3. The maximum Gasteiger partial charge on any atom is 0.337 e. The number of aromatic amines is 1. The molecular weight excluding hydrogens is 268 g/mol. The monoisotopic (exact) mass is 280 g/mol. The molecule has 1 N–H and O–H groups in total. The summed E-state index contributed by atoms with van der Waals surface area (Å²) in [6, 6.07) is 15.2. The molecule has 0 atom stereocenters. The van der Waals surface area contributed by atoms with Crippen molar-refractivity contribution in [3.8, 4) is 22.5 Å². The van der Waals surface area contributed by atoms with Crippen LogP contribution >= 0.6 is 0 Å². The Kier molecular flexibility index (Phi) is 3.42. The van der Waals surface area contributed by atoms with Crippen LogP contribution in [0.4, 0.5) is 0 Å². The van der Waals surface area contributed by atoms with Crippen molar-refractivity contribution >= 4 is 5.97 Å². The van der Waals surface area contributed by atoms with Gasteiger partial charge in [0, 0.05) is 5.56 Å². The molecule has 0 aliphatic rings. The number of rotatable bonds is 3. The molecule has 0 aliphatic carbocycles. The Morgan fingerprint density at radius 1 is 1.05 bits per heavy atom. The van der Waals surface area contributed by atoms with E-state index >= 15 is 0 Å². The highest BCUT2D eigenvalue weighted by Crippen LogP contribution is 2.26. The maximum absolute atomic E-state index is 11.8. The van der Waals surface area contributed by atoms with E-state index in [1.165, 1.54) is 7.11 Å². The average molecular weight is 280 g/mol. The van der Waals surface area contributed by atoms with Crippen molar-refractivity contribution in [1.29, 1.82) is 0 Å². The Bertz CT molecular complexity index is 755. The first kappa shape index (κ1) is 13.0. The summed E-state index contributed by atoms with van der Waals surface area (Å²) in [5.74, 6) is 0.0967. The number of benzene rings is 2. The zero-order chi connectivity index (χ0) is 14.7. The molecule has 1 heterocycles. The van der Waals surface area contributed by atoms with Crippen LogP contribution in [-0.4, -0.2) is 33.7 Å². The Balaban J connectivity index is 2.16. The second-order valence-corrected chi connectivity index (χ2v) is 4.41. The summed E-state index contributed by atoms with van der Waals surface area (Å²) in [4.78, 5) is 11.8. The topological polar surface area (TPSA) is 80.8 Å². The second kappa shape index (κ2) is 5.54. The second-order valence-electron chi connectivity index (χ2n) is 4.41. The van der Waals surface area contributed by atoms with E-state index in [9.17, 15) is 4.79 Å². The first-order chi connectivity index (χ1) is 10.3. The van der Waals surface area contributed by atoms with Gasteiger partial charge in [0.2, 0.25) is 0 Å². The molecule has 0 aliphatic heterocycles. The van der Waals surface area contributed by atoms with Gasteiger partial charge in [0.1, 0.15) is 0 Å². The van der Waals surface area contributed by atoms with Crippen molar-refractivity contribution in [2.45, 2.75) is 0 Å². The standard InChI is InChI=1S/C15H12N4O2/c1-21-15(20)13-8-11(10-5-3-2-4-6-10)7-12(9-13)14-16-18-19-17-14/h2-9H,1H3,(H,16,17,18,19). The number of carbonyl (C=O) groups is 1. The van der Waals surface area contributed by atoms with Crippen LogP contribution in [0.3, 0.4) is 0 Å². The van der Waals surface area contributed by atoms with Crippen LogP contribution in [-0.2, 0) is 4.74 Å². The molecule has 0 saturated carbocycles. The first-order valence-electron chi connectivity index (χ1n) is 6.31. The zero-order valence-electron chi connectivity index (χ0n) is 11.3. The largest absolute Gasteiger partial charge is 0.465 e. The molecule has 0 amide bonds. The number of tetrazole rings is 1. The number of ether oxygens (including phenoxy) is 1. The molecule has 3 rings (SSSR count). The summed E-state index contributed by atoms with van der Waals surface area (Å²) in [6.45, 7) is 0. The van der Waals surface area contributed by atoms with E-state index in [1.807, 2.05) is 36.4 Å². The summed E-state index contributed by atoms with van der Waals surface area (Å²) in [5.41, 5.74) is 3.06. The minimum absolute atomic E-state index is 0.401. The predicted octanol–water partition coefficient (Wildman–Crippen LogP) is 2.32. The third-order valence-electron chi connectivity index (χ3n) is 3.08. The van der Waals surface area contributed by atoms with Crippen LogP contribution in [0, 0.1) is 0 Å². The van der Waals surface area contributed by atoms with Gasteiger partial charge in [0.25, 0.3) is 0 Å². The highest BCUT2D eigenvalue weighted by Gasteiger charge is 2.12. The Morgan fingerprint density at radius 3 is 2.48 bits per heavy atom. The Labute approximate surface area is 120 Å². The Morgan fingerprint density at radius 2 is 1.81 bits per heavy atom. The van der Waals surface area contributed by atoms with Gasteiger partial charge in [-0.2, -0.15) is 0 Å². The fourth-order valence-corrected chi connectivity index (χ4v) is 2.08. The highest BCUT2D eigenvalue weighted by atomic mass is 16.5. The third-order valence-corrected chi connectivity index (χ3v) is 3.08. The summed E-state index contributed by atoms with van der Waals surface area (Å²) in [5, 5.41) is 13.7. The lowest BCUT2D eigenvalue weighted by atomic mass is 9.99. The van der Waals surface area contributed by atoms with Crippen LogP contribution in [0.2, 0.25) is 0 Å². The van der Waals surface area contributed by atoms with E-state index in [4.69, 9.17) is 4.74 Å². The van der Waals surface area contributed by atoms with Crippen molar-refractivity contribution < 1.29 is 9.53 Å². The number of nitrogens with one attached hydrogen (secondary N) is 1. The lowest BCUT2D eigenvalue weighted by Gasteiger charge is -2.07. The molecule has 21 heavy (non-hydrogen) atoms. The molecule has 0 unspecified atom stereocenters. The number of H-pyrrole nitrogens is 1. The third kappa shape index (κ3) is 2.64. The number of carbonyl (C=O) groups excluding carboxylic acids is 1. The van der Waals surface area contributed by atoms with Gasteiger partial charge in [-0.15, -0.1) is 5.10 Å². The van der Waals surface area contributed by atoms with E-state index in [-0.39, 0.29) is 0 Å². The lowest BCUT2D eigenvalue weighted by Crippen LogP contribution is -2.02. The maximum atomic E-state index is 11.8. The molecular formula is C15H12N4O2. The normalized spacial score (nSPS) is 10.3. The van der Waals surface area contributed by atoms with Gasteiger partial charge in [0.15, 0.2) is 5.82 Å². The van der Waals surface area contributed by atoms with Crippen LogP contribution in [0.25, 0.3) is 22.5 Å². The number of aromatic nitrogens is 4. The fourth-order valence-electron chi connectivity index (χ4n) is 2.08. The molecule has 104 valence electrons. The fraction of sp³-hybridized carbons (Fsp3) is 0.0667. The van der Waals surface area contributed by atoms with E-state index < -0.39 is 5.97 Å². The van der Waals surface area contributed by atoms with E-state index in [1.54, 1.807) is 12.1 Å². The van der Waals surface area contributed by atoms with Crippen LogP contribution < -0.4 is 0 Å². The molecule has 0 radical (unpaired) electrons.